The molecule has 0 aromatic rings. The first-order chi connectivity index (χ1) is 4.60. The fourth-order valence-electron chi connectivity index (χ4n) is 0.844. The van der Waals surface area contributed by atoms with Gasteiger partial charge in [0.05, 0.1) is 0 Å². The number of amides is 1. The first kappa shape index (κ1) is 7.34. The largest absolute Gasteiger partial charge is 0.426 e. The Morgan fingerprint density at radius 2 is 2.30 bits per heavy atom. The van der Waals surface area contributed by atoms with Gasteiger partial charge in [0.2, 0.25) is 0 Å². The lowest BCUT2D eigenvalue weighted by atomic mass is 10.0. The Morgan fingerprint density at radius 1 is 1.60 bits per heavy atom. The standard InChI is InChI=1S/C6H12N2O2/c1-6(2)3-4-7-10-5(9)8-6/h7H,3-4H2,1-2H3,(H,8,9). The van der Waals surface area contributed by atoms with Gasteiger partial charge in [-0.05, 0) is 20.3 Å². The van der Waals surface area contributed by atoms with Gasteiger partial charge in [0.1, 0.15) is 0 Å². The van der Waals surface area contributed by atoms with E-state index < -0.39 is 6.09 Å². The van der Waals surface area contributed by atoms with Crippen LogP contribution >= 0.6 is 0 Å². The molecule has 0 bridgehead atoms. The fraction of sp³-hybridized carbons (Fsp3) is 0.833. The Hall–Kier alpha value is -0.770. The van der Waals surface area contributed by atoms with Gasteiger partial charge in [-0.1, -0.05) is 0 Å². The van der Waals surface area contributed by atoms with Crippen LogP contribution in [0.15, 0.2) is 0 Å². The zero-order valence-corrected chi connectivity index (χ0v) is 6.23. The number of hydrogen-bond donors (Lipinski definition) is 2. The highest BCUT2D eigenvalue weighted by molar-refractivity contribution is 5.68. The van der Waals surface area contributed by atoms with Crippen molar-refractivity contribution in [1.82, 2.24) is 10.8 Å². The summed E-state index contributed by atoms with van der Waals surface area (Å²) in [6.45, 7) is 4.62. The second kappa shape index (κ2) is 2.46. The predicted octanol–water partition coefficient (Wildman–Crippen LogP) is 0.400. The van der Waals surface area contributed by atoms with E-state index in [1.807, 2.05) is 13.8 Å². The number of hydrogen-bond acceptors (Lipinski definition) is 3. The zero-order chi connectivity index (χ0) is 7.61. The molecule has 0 saturated carbocycles. The molecule has 1 amide bonds. The number of rotatable bonds is 0. The molecule has 1 aliphatic rings. The van der Waals surface area contributed by atoms with Gasteiger partial charge in [-0.2, -0.15) is 5.48 Å². The summed E-state index contributed by atoms with van der Waals surface area (Å²) in [7, 11) is 0. The third-order valence-corrected chi connectivity index (χ3v) is 1.46. The summed E-state index contributed by atoms with van der Waals surface area (Å²) < 4.78 is 0. The van der Waals surface area contributed by atoms with Crippen molar-refractivity contribution in [1.29, 1.82) is 0 Å². The van der Waals surface area contributed by atoms with Crippen LogP contribution in [-0.4, -0.2) is 18.2 Å². The molecule has 0 aliphatic carbocycles. The van der Waals surface area contributed by atoms with Gasteiger partial charge in [-0.25, -0.2) is 4.79 Å². The van der Waals surface area contributed by atoms with Gasteiger partial charge in [0.25, 0.3) is 0 Å². The maximum absolute atomic E-state index is 10.7. The van der Waals surface area contributed by atoms with Crippen molar-refractivity contribution in [3.05, 3.63) is 0 Å². The normalized spacial score (nSPS) is 24.4. The quantitative estimate of drug-likeness (QED) is 0.517. The molecule has 0 unspecified atom stereocenters. The molecular formula is C6H12N2O2. The number of nitrogens with one attached hydrogen (secondary N) is 2. The average Bonchev–Trinajstić information content (AvgIpc) is 1.90. The highest BCUT2D eigenvalue weighted by Gasteiger charge is 2.23. The summed E-state index contributed by atoms with van der Waals surface area (Å²) in [5, 5.41) is 2.69. The highest BCUT2D eigenvalue weighted by atomic mass is 16.7. The summed E-state index contributed by atoms with van der Waals surface area (Å²) in [4.78, 5) is 15.2. The van der Waals surface area contributed by atoms with Crippen LogP contribution in [0.3, 0.4) is 0 Å². The number of hydroxylamine groups is 1. The first-order valence-corrected chi connectivity index (χ1v) is 3.32. The lowest BCUT2D eigenvalue weighted by Crippen LogP contribution is -2.41. The Bertz CT molecular complexity index is 145. The molecule has 1 aliphatic heterocycles. The van der Waals surface area contributed by atoms with E-state index in [-0.39, 0.29) is 5.54 Å². The second-order valence-corrected chi connectivity index (χ2v) is 3.04. The van der Waals surface area contributed by atoms with Crippen molar-refractivity contribution in [2.75, 3.05) is 6.54 Å². The van der Waals surface area contributed by atoms with Crippen molar-refractivity contribution >= 4 is 6.09 Å². The smallest absolute Gasteiger partial charge is 0.354 e. The minimum absolute atomic E-state index is 0.152. The molecule has 0 atom stereocenters. The van der Waals surface area contributed by atoms with Crippen LogP contribution < -0.4 is 10.8 Å². The molecular weight excluding hydrogens is 132 g/mol. The van der Waals surface area contributed by atoms with Crippen LogP contribution in [0.2, 0.25) is 0 Å². The topological polar surface area (TPSA) is 50.4 Å². The van der Waals surface area contributed by atoms with E-state index in [9.17, 15) is 4.79 Å². The van der Waals surface area contributed by atoms with Crippen molar-refractivity contribution in [2.24, 2.45) is 0 Å². The van der Waals surface area contributed by atoms with E-state index in [4.69, 9.17) is 0 Å². The molecule has 0 aromatic carbocycles. The molecule has 0 spiro atoms. The molecule has 1 saturated heterocycles. The zero-order valence-electron chi connectivity index (χ0n) is 6.23. The van der Waals surface area contributed by atoms with E-state index in [0.29, 0.717) is 6.54 Å². The van der Waals surface area contributed by atoms with E-state index in [0.717, 1.165) is 6.42 Å². The molecule has 0 radical (unpaired) electrons. The second-order valence-electron chi connectivity index (χ2n) is 3.04. The minimum atomic E-state index is -0.400. The molecule has 1 heterocycles. The van der Waals surface area contributed by atoms with Crippen LogP contribution in [0.1, 0.15) is 20.3 Å². The number of carbonyl (C=O) groups is 1. The van der Waals surface area contributed by atoms with Gasteiger partial charge in [-0.15, -0.1) is 0 Å². The molecule has 10 heavy (non-hydrogen) atoms. The monoisotopic (exact) mass is 144 g/mol. The van der Waals surface area contributed by atoms with Gasteiger partial charge in [-0.3, -0.25) is 0 Å². The summed E-state index contributed by atoms with van der Waals surface area (Å²) >= 11 is 0. The maximum Gasteiger partial charge on any atom is 0.426 e. The lowest BCUT2D eigenvalue weighted by Gasteiger charge is -2.20. The summed E-state index contributed by atoms with van der Waals surface area (Å²) in [6.07, 6.45) is 0.473. The third kappa shape index (κ3) is 1.88. The molecule has 4 heteroatoms. The summed E-state index contributed by atoms with van der Waals surface area (Å²) in [5.74, 6) is 0. The summed E-state index contributed by atoms with van der Waals surface area (Å²) in [6, 6.07) is 0. The Kier molecular flexibility index (Phi) is 1.80. The molecule has 4 nitrogen and oxygen atoms in total. The highest BCUT2D eigenvalue weighted by Crippen LogP contribution is 2.08. The Balaban J connectivity index is 2.54. The van der Waals surface area contributed by atoms with Gasteiger partial charge in [0, 0.05) is 12.1 Å². The van der Waals surface area contributed by atoms with Crippen LogP contribution in [0.25, 0.3) is 0 Å². The third-order valence-electron chi connectivity index (χ3n) is 1.46. The van der Waals surface area contributed by atoms with Gasteiger partial charge < -0.3 is 10.2 Å². The Labute approximate surface area is 59.9 Å². The van der Waals surface area contributed by atoms with E-state index in [2.05, 4.69) is 15.6 Å². The van der Waals surface area contributed by atoms with Crippen molar-refractivity contribution < 1.29 is 9.63 Å². The van der Waals surface area contributed by atoms with Crippen LogP contribution in [0, 0.1) is 0 Å². The maximum atomic E-state index is 10.7. The van der Waals surface area contributed by atoms with Crippen molar-refractivity contribution in [3.8, 4) is 0 Å². The molecule has 0 aromatic heterocycles. The van der Waals surface area contributed by atoms with Crippen LogP contribution in [-0.2, 0) is 4.84 Å². The van der Waals surface area contributed by atoms with E-state index in [1.165, 1.54) is 0 Å². The Morgan fingerprint density at radius 3 is 3.00 bits per heavy atom. The molecule has 1 rings (SSSR count). The van der Waals surface area contributed by atoms with Crippen LogP contribution in [0.4, 0.5) is 4.79 Å². The predicted molar refractivity (Wildman–Crippen MR) is 36.3 cm³/mol. The molecule has 58 valence electrons. The molecule has 1 fully saturated rings. The van der Waals surface area contributed by atoms with Gasteiger partial charge in [0.15, 0.2) is 0 Å². The minimum Gasteiger partial charge on any atom is -0.354 e. The van der Waals surface area contributed by atoms with E-state index in [1.54, 1.807) is 0 Å². The fourth-order valence-corrected chi connectivity index (χ4v) is 0.844. The number of carbonyl (C=O) groups excluding carboxylic acids is 1. The molecule has 2 N–H and O–H groups in total. The van der Waals surface area contributed by atoms with E-state index >= 15 is 0 Å². The van der Waals surface area contributed by atoms with Crippen molar-refractivity contribution in [3.63, 3.8) is 0 Å². The average molecular weight is 144 g/mol. The lowest BCUT2D eigenvalue weighted by molar-refractivity contribution is 0.0982. The van der Waals surface area contributed by atoms with Crippen molar-refractivity contribution in [2.45, 2.75) is 25.8 Å². The van der Waals surface area contributed by atoms with Crippen LogP contribution in [0.5, 0.6) is 0 Å². The van der Waals surface area contributed by atoms with Gasteiger partial charge >= 0.3 is 6.09 Å². The summed E-state index contributed by atoms with van der Waals surface area (Å²) in [5.41, 5.74) is 2.39. The SMILES string of the molecule is CC1(C)CCNOC(=O)N1. The first-order valence-electron chi connectivity index (χ1n) is 3.32.